The van der Waals surface area contributed by atoms with Crippen LogP contribution >= 0.6 is 0 Å². The number of rotatable bonds is 57. The van der Waals surface area contributed by atoms with Crippen LogP contribution in [0.2, 0.25) is 0 Å². The normalized spacial score (nSPS) is 18.1. The number of esters is 3. The molecular weight excluding hydrogens is 1020 g/mol. The SMILES string of the molecule is CC/C=C\C/C=C\C/C=C\CCCCCCCC(=O)OC(COC(=O)CCCCCCCCCCC/C=C\C/C=C\CCCCC)COC1OC(C(=O)O)C(O)C(O)C1OC(=O)CCCCCCCCCCCCCCCCCCC. The number of hydrogen-bond acceptors (Lipinski definition) is 11. The summed E-state index contributed by atoms with van der Waals surface area (Å²) < 4.78 is 28.6. The Balaban J connectivity index is 2.64. The largest absolute Gasteiger partial charge is 0.479 e. The Labute approximate surface area is 494 Å². The molecule has 6 atom stereocenters. The first kappa shape index (κ1) is 75.4. The lowest BCUT2D eigenvalue weighted by Gasteiger charge is -2.40. The number of carbonyl (C=O) groups is 4. The van der Waals surface area contributed by atoms with Crippen LogP contribution in [0.25, 0.3) is 0 Å². The van der Waals surface area contributed by atoms with Gasteiger partial charge in [0.2, 0.25) is 0 Å². The predicted molar refractivity (Wildman–Crippen MR) is 331 cm³/mol. The van der Waals surface area contributed by atoms with E-state index < -0.39 is 67.3 Å². The van der Waals surface area contributed by atoms with Crippen LogP contribution in [-0.4, -0.2) is 89.2 Å². The second-order valence-corrected chi connectivity index (χ2v) is 22.7. The van der Waals surface area contributed by atoms with Crippen molar-refractivity contribution in [2.24, 2.45) is 0 Å². The Hall–Kier alpha value is -3.58. The van der Waals surface area contributed by atoms with Crippen molar-refractivity contribution in [3.63, 3.8) is 0 Å². The molecule has 1 aliphatic heterocycles. The van der Waals surface area contributed by atoms with Crippen LogP contribution in [0.4, 0.5) is 0 Å². The molecule has 12 nitrogen and oxygen atoms in total. The molecule has 0 aromatic heterocycles. The molecule has 1 fully saturated rings. The molecule has 6 unspecified atom stereocenters. The summed E-state index contributed by atoms with van der Waals surface area (Å²) in [6.45, 7) is 5.89. The van der Waals surface area contributed by atoms with E-state index in [4.69, 9.17) is 23.7 Å². The molecule has 12 heteroatoms. The van der Waals surface area contributed by atoms with Gasteiger partial charge in [-0.15, -0.1) is 0 Å². The van der Waals surface area contributed by atoms with Gasteiger partial charge in [-0.3, -0.25) is 14.4 Å². The molecule has 1 aliphatic rings. The zero-order valence-corrected chi connectivity index (χ0v) is 51.8. The third kappa shape index (κ3) is 46.5. The maximum absolute atomic E-state index is 13.2. The van der Waals surface area contributed by atoms with Crippen molar-refractivity contribution < 1.29 is 58.2 Å². The van der Waals surface area contributed by atoms with Gasteiger partial charge in [0.1, 0.15) is 18.8 Å². The van der Waals surface area contributed by atoms with E-state index in [1.54, 1.807) is 0 Å². The molecule has 0 aromatic carbocycles. The summed E-state index contributed by atoms with van der Waals surface area (Å²) in [4.78, 5) is 51.4. The summed E-state index contributed by atoms with van der Waals surface area (Å²) in [5.74, 6) is -3.12. The smallest absolute Gasteiger partial charge is 0.335 e. The van der Waals surface area contributed by atoms with E-state index in [9.17, 15) is 34.5 Å². The number of unbranched alkanes of at least 4 members (excludes halogenated alkanes) is 33. The number of hydrogen-bond donors (Lipinski definition) is 3. The molecule has 0 aliphatic carbocycles. The summed E-state index contributed by atoms with van der Waals surface area (Å²) in [7, 11) is 0. The van der Waals surface area contributed by atoms with Crippen LogP contribution in [0.5, 0.6) is 0 Å². The van der Waals surface area contributed by atoms with E-state index in [0.717, 1.165) is 109 Å². The molecule has 0 saturated carbocycles. The van der Waals surface area contributed by atoms with E-state index in [1.807, 2.05) is 0 Å². The first-order chi connectivity index (χ1) is 39.6. The topological polar surface area (TPSA) is 175 Å². The molecule has 1 rings (SSSR count). The first-order valence-corrected chi connectivity index (χ1v) is 33.3. The number of aliphatic carboxylic acids is 1. The fraction of sp³-hybridized carbons (Fsp3) is 0.797. The lowest BCUT2D eigenvalue weighted by Crippen LogP contribution is -2.61. The number of aliphatic hydroxyl groups is 2. The lowest BCUT2D eigenvalue weighted by atomic mass is 9.98. The highest BCUT2D eigenvalue weighted by atomic mass is 16.7. The average Bonchev–Trinajstić information content (AvgIpc) is 3.53. The third-order valence-corrected chi connectivity index (χ3v) is 15.1. The van der Waals surface area contributed by atoms with Gasteiger partial charge in [0, 0.05) is 19.3 Å². The second-order valence-electron chi connectivity index (χ2n) is 22.7. The fourth-order valence-corrected chi connectivity index (χ4v) is 10.0. The van der Waals surface area contributed by atoms with Crippen LogP contribution in [0.1, 0.15) is 303 Å². The van der Waals surface area contributed by atoms with Gasteiger partial charge in [0.25, 0.3) is 0 Å². The number of allylic oxidation sites excluding steroid dienone is 10. The molecule has 3 N–H and O–H groups in total. The van der Waals surface area contributed by atoms with E-state index in [1.165, 1.54) is 135 Å². The van der Waals surface area contributed by atoms with E-state index in [2.05, 4.69) is 81.5 Å². The van der Waals surface area contributed by atoms with Crippen molar-refractivity contribution >= 4 is 23.9 Å². The highest BCUT2D eigenvalue weighted by Gasteiger charge is 2.50. The van der Waals surface area contributed by atoms with Gasteiger partial charge in [-0.2, -0.15) is 0 Å². The number of carboxylic acid groups (broad SMARTS) is 1. The van der Waals surface area contributed by atoms with Crippen LogP contribution in [-0.2, 0) is 42.9 Å². The van der Waals surface area contributed by atoms with Gasteiger partial charge in [-0.25, -0.2) is 4.79 Å². The number of ether oxygens (including phenoxy) is 5. The van der Waals surface area contributed by atoms with Crippen molar-refractivity contribution in [1.29, 1.82) is 0 Å². The highest BCUT2D eigenvalue weighted by Crippen LogP contribution is 2.27. The lowest BCUT2D eigenvalue weighted by molar-refractivity contribution is -0.301. The van der Waals surface area contributed by atoms with Crippen LogP contribution in [0, 0.1) is 0 Å². The minimum absolute atomic E-state index is 0.0614. The number of carboxylic acids is 1. The van der Waals surface area contributed by atoms with Gasteiger partial charge in [0.05, 0.1) is 6.61 Å². The van der Waals surface area contributed by atoms with Gasteiger partial charge in [0.15, 0.2) is 24.6 Å². The molecule has 1 saturated heterocycles. The molecule has 468 valence electrons. The molecule has 0 aromatic rings. The van der Waals surface area contributed by atoms with Crippen LogP contribution in [0.15, 0.2) is 60.8 Å². The quantitative estimate of drug-likeness (QED) is 0.0228. The molecular formula is C69H120O12. The van der Waals surface area contributed by atoms with Crippen LogP contribution < -0.4 is 0 Å². The summed E-state index contributed by atoms with van der Waals surface area (Å²) in [5, 5.41) is 31.6. The van der Waals surface area contributed by atoms with Crippen molar-refractivity contribution in [3.8, 4) is 0 Å². The van der Waals surface area contributed by atoms with Crippen molar-refractivity contribution in [2.75, 3.05) is 13.2 Å². The molecule has 0 spiro atoms. The Morgan fingerprint density at radius 2 is 0.778 bits per heavy atom. The summed E-state index contributed by atoms with van der Waals surface area (Å²) in [5.41, 5.74) is 0. The third-order valence-electron chi connectivity index (χ3n) is 15.1. The first-order valence-electron chi connectivity index (χ1n) is 33.3. The Morgan fingerprint density at radius 3 is 1.21 bits per heavy atom. The van der Waals surface area contributed by atoms with Crippen molar-refractivity contribution in [3.05, 3.63) is 60.8 Å². The van der Waals surface area contributed by atoms with Gasteiger partial charge in [-0.05, 0) is 83.5 Å². The monoisotopic (exact) mass is 1140 g/mol. The average molecular weight is 1140 g/mol. The second kappa shape index (κ2) is 56.9. The van der Waals surface area contributed by atoms with Gasteiger partial charge < -0.3 is 39.0 Å². The summed E-state index contributed by atoms with van der Waals surface area (Å²) in [6, 6.07) is 0. The van der Waals surface area contributed by atoms with Gasteiger partial charge in [-0.1, -0.05) is 261 Å². The fourth-order valence-electron chi connectivity index (χ4n) is 10.0. The molecule has 1 heterocycles. The van der Waals surface area contributed by atoms with Crippen LogP contribution in [0.3, 0.4) is 0 Å². The maximum Gasteiger partial charge on any atom is 0.335 e. The standard InChI is InChI=1S/C69H120O12/c1-4-7-10-13-16-19-22-25-28-30-31-33-35-37-40-43-46-49-52-55-61(70)77-58-60(79-62(71)56-53-50-47-44-41-38-34-27-24-21-18-15-12-9-6-3)59-78-69-67(65(74)64(73)66(81-69)68(75)76)80-63(72)57-54-51-48-45-42-39-36-32-29-26-23-20-17-14-11-8-5-2/h9,12,16,18-19,21,25,27-28,34,60,64-67,69,73-74H,4-8,10-11,13-15,17,20,22-24,26,29-33,35-59H2,1-3H3,(H,75,76)/b12-9-,19-16-,21-18-,28-25-,34-27-. The molecule has 81 heavy (non-hydrogen) atoms. The maximum atomic E-state index is 13.2. The van der Waals surface area contributed by atoms with E-state index in [0.29, 0.717) is 19.3 Å². The number of aliphatic hydroxyl groups excluding tert-OH is 2. The van der Waals surface area contributed by atoms with Crippen molar-refractivity contribution in [2.45, 2.75) is 340 Å². The van der Waals surface area contributed by atoms with E-state index in [-0.39, 0.29) is 25.9 Å². The minimum atomic E-state index is -1.91. The Kier molecular flexibility index (Phi) is 53.0. The van der Waals surface area contributed by atoms with Gasteiger partial charge >= 0.3 is 23.9 Å². The summed E-state index contributed by atoms with van der Waals surface area (Å²) in [6.07, 6.45) is 58.9. The zero-order chi connectivity index (χ0) is 58.9. The highest BCUT2D eigenvalue weighted by molar-refractivity contribution is 5.74. The predicted octanol–water partition coefficient (Wildman–Crippen LogP) is 17.9. The molecule has 0 amide bonds. The number of carbonyl (C=O) groups excluding carboxylic acids is 3. The minimum Gasteiger partial charge on any atom is -0.479 e. The Morgan fingerprint density at radius 1 is 0.420 bits per heavy atom. The van der Waals surface area contributed by atoms with E-state index >= 15 is 0 Å². The summed E-state index contributed by atoms with van der Waals surface area (Å²) >= 11 is 0. The molecule has 0 bridgehead atoms. The Bertz CT molecular complexity index is 1640. The molecule has 0 radical (unpaired) electrons. The van der Waals surface area contributed by atoms with Crippen molar-refractivity contribution in [1.82, 2.24) is 0 Å². The zero-order valence-electron chi connectivity index (χ0n) is 51.8.